The van der Waals surface area contributed by atoms with E-state index in [9.17, 15) is 4.79 Å². The molecule has 1 atom stereocenters. The van der Waals surface area contributed by atoms with Gasteiger partial charge in [-0.1, -0.05) is 75.4 Å². The van der Waals surface area contributed by atoms with Crippen molar-refractivity contribution in [3.8, 4) is 11.6 Å². The number of carbonyl (C=O) groups excluding carboxylic acids is 1. The Hall–Kier alpha value is -4.69. The maximum Gasteiger partial charge on any atom is 0.319 e. The monoisotopic (exact) mass is 563 g/mol. The van der Waals surface area contributed by atoms with Gasteiger partial charge < -0.3 is 19.8 Å². The number of H-pyrrole nitrogens is 1. The van der Waals surface area contributed by atoms with E-state index in [0.717, 1.165) is 33.5 Å². The van der Waals surface area contributed by atoms with Gasteiger partial charge in [0.25, 0.3) is 0 Å². The number of methoxy groups -OCH3 is 1. The maximum absolute atomic E-state index is 12.2. The minimum Gasteiger partial charge on any atom is -0.468 e. The molecule has 1 unspecified atom stereocenters. The Labute approximate surface area is 246 Å². The fourth-order valence-corrected chi connectivity index (χ4v) is 4.91. The van der Waals surface area contributed by atoms with Crippen molar-refractivity contribution in [3.63, 3.8) is 0 Å². The number of imidazole rings is 1. The average molecular weight is 564 g/mol. The lowest BCUT2D eigenvalue weighted by Crippen LogP contribution is -2.32. The number of aromatic nitrogens is 3. The van der Waals surface area contributed by atoms with Crippen LogP contribution in [0.25, 0.3) is 11.0 Å². The summed E-state index contributed by atoms with van der Waals surface area (Å²) in [5, 5.41) is 3.35. The topological polar surface area (TPSA) is 92.4 Å². The predicted octanol–water partition coefficient (Wildman–Crippen LogP) is 7.53. The zero-order valence-electron chi connectivity index (χ0n) is 24.7. The molecule has 0 aliphatic rings. The van der Waals surface area contributed by atoms with Crippen molar-refractivity contribution >= 4 is 28.6 Å². The first-order chi connectivity index (χ1) is 20.2. The van der Waals surface area contributed by atoms with E-state index in [-0.39, 0.29) is 24.0 Å². The summed E-state index contributed by atoms with van der Waals surface area (Å²) in [4.78, 5) is 27.0. The van der Waals surface area contributed by atoms with Gasteiger partial charge in [0, 0.05) is 24.3 Å². The Morgan fingerprint density at radius 2 is 1.76 bits per heavy atom. The molecule has 0 saturated heterocycles. The highest BCUT2D eigenvalue weighted by atomic mass is 16.5. The highest BCUT2D eigenvalue weighted by Crippen LogP contribution is 2.36. The lowest BCUT2D eigenvalue weighted by molar-refractivity contribution is -0.142. The van der Waals surface area contributed by atoms with Crippen molar-refractivity contribution in [2.45, 2.75) is 45.7 Å². The highest BCUT2D eigenvalue weighted by Gasteiger charge is 2.22. The largest absolute Gasteiger partial charge is 0.468 e. The van der Waals surface area contributed by atoms with Crippen molar-refractivity contribution < 1.29 is 14.3 Å². The lowest BCUT2D eigenvalue weighted by Gasteiger charge is -2.28. The molecule has 5 rings (SSSR count). The van der Waals surface area contributed by atoms with E-state index in [2.05, 4.69) is 78.2 Å². The zero-order chi connectivity index (χ0) is 29.7. The molecule has 0 radical (unpaired) electrons. The third kappa shape index (κ3) is 6.78. The quantitative estimate of drug-likeness (QED) is 0.170. The van der Waals surface area contributed by atoms with Gasteiger partial charge in [-0.05, 0) is 53.8 Å². The second-order valence-corrected chi connectivity index (χ2v) is 11.3. The number of benzene rings is 3. The van der Waals surface area contributed by atoms with Crippen LogP contribution in [0.3, 0.4) is 0 Å². The molecule has 0 saturated carbocycles. The molecule has 0 bridgehead atoms. The van der Waals surface area contributed by atoms with Gasteiger partial charge in [0.1, 0.15) is 11.4 Å². The van der Waals surface area contributed by atoms with Crippen LogP contribution in [0, 0.1) is 0 Å². The first kappa shape index (κ1) is 28.8. The molecule has 3 aromatic carbocycles. The summed E-state index contributed by atoms with van der Waals surface area (Å²) in [6.07, 6.45) is 1.71. The summed E-state index contributed by atoms with van der Waals surface area (Å²) in [5.74, 6) is 1.53. The number of para-hydroxylation sites is 1. The van der Waals surface area contributed by atoms with E-state index in [1.807, 2.05) is 54.6 Å². The number of pyridine rings is 1. The molecule has 2 aromatic heterocycles. The Bertz CT molecular complexity index is 1660. The third-order valence-corrected chi connectivity index (χ3v) is 7.25. The van der Waals surface area contributed by atoms with E-state index in [1.165, 1.54) is 7.11 Å². The Balaban J connectivity index is 1.38. The summed E-state index contributed by atoms with van der Waals surface area (Å²) in [6.45, 7) is 9.37. The number of rotatable bonds is 10. The zero-order valence-corrected chi connectivity index (χ0v) is 24.7. The molecule has 8 heteroatoms. The Morgan fingerprint density at radius 3 is 2.52 bits per heavy atom. The van der Waals surface area contributed by atoms with Gasteiger partial charge in [0.15, 0.2) is 0 Å². The van der Waals surface area contributed by atoms with Gasteiger partial charge in [-0.15, -0.1) is 0 Å². The van der Waals surface area contributed by atoms with Crippen molar-refractivity contribution in [1.29, 1.82) is 0 Å². The number of carbonyl (C=O) groups is 1. The minimum atomic E-state index is -0.272. The van der Waals surface area contributed by atoms with E-state index in [1.54, 1.807) is 6.20 Å². The number of hydrogen-bond donors (Lipinski definition) is 2. The predicted molar refractivity (Wildman–Crippen MR) is 166 cm³/mol. The molecule has 2 heterocycles. The van der Waals surface area contributed by atoms with Crippen molar-refractivity contribution in [1.82, 2.24) is 19.9 Å². The van der Waals surface area contributed by atoms with Crippen LogP contribution in [0.4, 0.5) is 11.6 Å². The number of aromatic amines is 1. The minimum absolute atomic E-state index is 0.0466. The second kappa shape index (κ2) is 12.4. The van der Waals surface area contributed by atoms with Crippen LogP contribution in [-0.4, -0.2) is 39.5 Å². The summed E-state index contributed by atoms with van der Waals surface area (Å²) in [5.41, 5.74) is 5.59. The van der Waals surface area contributed by atoms with Crippen LogP contribution in [0.5, 0.6) is 11.6 Å². The number of anilines is 2. The number of fused-ring (bicyclic) bond motifs is 1. The molecule has 0 fully saturated rings. The molecule has 216 valence electrons. The fraction of sp³-hybridized carbons (Fsp3) is 0.265. The molecule has 0 aliphatic carbocycles. The fourth-order valence-electron chi connectivity index (χ4n) is 4.91. The van der Waals surface area contributed by atoms with E-state index in [4.69, 9.17) is 14.5 Å². The molecule has 0 amide bonds. The summed E-state index contributed by atoms with van der Waals surface area (Å²) in [7, 11) is 1.42. The van der Waals surface area contributed by atoms with Crippen LogP contribution >= 0.6 is 0 Å². The highest BCUT2D eigenvalue weighted by molar-refractivity contribution is 5.79. The molecule has 0 aliphatic heterocycles. The molecule has 0 spiro atoms. The average Bonchev–Trinajstić information content (AvgIpc) is 3.39. The molecular formula is C34H37N5O3. The van der Waals surface area contributed by atoms with E-state index >= 15 is 0 Å². The van der Waals surface area contributed by atoms with Gasteiger partial charge in [-0.3, -0.25) is 9.69 Å². The number of hydrogen-bond acceptors (Lipinski definition) is 7. The van der Waals surface area contributed by atoms with Crippen LogP contribution in [0.1, 0.15) is 50.4 Å². The van der Waals surface area contributed by atoms with Gasteiger partial charge in [0.2, 0.25) is 11.8 Å². The first-order valence-electron chi connectivity index (χ1n) is 14.0. The summed E-state index contributed by atoms with van der Waals surface area (Å²) in [6, 6.07) is 28.0. The normalized spacial score (nSPS) is 12.3. The Kier molecular flexibility index (Phi) is 8.54. The number of nitrogens with zero attached hydrogens (tertiary/aromatic N) is 3. The van der Waals surface area contributed by atoms with E-state index < -0.39 is 0 Å². The van der Waals surface area contributed by atoms with Crippen molar-refractivity contribution in [3.05, 3.63) is 108 Å². The van der Waals surface area contributed by atoms with Crippen molar-refractivity contribution in [2.24, 2.45) is 0 Å². The molecule has 8 nitrogen and oxygen atoms in total. The number of nitrogens with one attached hydrogen (secondary N) is 2. The summed E-state index contributed by atoms with van der Waals surface area (Å²) < 4.78 is 11.3. The lowest BCUT2D eigenvalue weighted by atomic mass is 9.86. The molecular weight excluding hydrogens is 526 g/mol. The van der Waals surface area contributed by atoms with Crippen molar-refractivity contribution in [2.75, 3.05) is 19.0 Å². The van der Waals surface area contributed by atoms with Gasteiger partial charge >= 0.3 is 5.97 Å². The standard InChI is InChI=1S/C34H37N5O3/c1-23(39(22-31(40)41-5)21-24-12-7-6-8-13-24)25-17-18-27-29(20-25)38-33(36-27)37-28-15-11-19-35-32(28)42-30-16-10-9-14-26(30)34(2,3)4/h6-20,23H,21-22H2,1-5H3,(H2,36,37,38). The second-order valence-electron chi connectivity index (χ2n) is 11.3. The molecule has 42 heavy (non-hydrogen) atoms. The van der Waals surface area contributed by atoms with Gasteiger partial charge in [0.05, 0.1) is 24.7 Å². The Morgan fingerprint density at radius 1 is 1.00 bits per heavy atom. The third-order valence-electron chi connectivity index (χ3n) is 7.25. The smallest absolute Gasteiger partial charge is 0.319 e. The van der Waals surface area contributed by atoms with Crippen LogP contribution in [-0.2, 0) is 21.5 Å². The number of esters is 1. The van der Waals surface area contributed by atoms with Crippen LogP contribution in [0.15, 0.2) is 91.1 Å². The van der Waals surface area contributed by atoms with Crippen LogP contribution < -0.4 is 10.1 Å². The summed E-state index contributed by atoms with van der Waals surface area (Å²) >= 11 is 0. The molecule has 5 aromatic rings. The number of ether oxygens (including phenoxy) is 2. The SMILES string of the molecule is COC(=O)CN(Cc1ccccc1)C(C)c1ccc2nc(Nc3cccnc3Oc3ccccc3C(C)(C)C)[nH]c2c1. The van der Waals surface area contributed by atoms with E-state index in [0.29, 0.717) is 24.1 Å². The maximum atomic E-state index is 12.2. The molecule has 2 N–H and O–H groups in total. The van der Waals surface area contributed by atoms with Crippen LogP contribution in [0.2, 0.25) is 0 Å². The first-order valence-corrected chi connectivity index (χ1v) is 14.0. The van der Waals surface area contributed by atoms with Gasteiger partial charge in [-0.2, -0.15) is 0 Å². The van der Waals surface area contributed by atoms with Gasteiger partial charge in [-0.25, -0.2) is 9.97 Å².